The summed E-state index contributed by atoms with van der Waals surface area (Å²) in [4.78, 5) is 82.0. The fraction of sp³-hybridized carbons (Fsp3) is 0.632. The fourth-order valence-corrected chi connectivity index (χ4v) is 2.76. The zero-order chi connectivity index (χ0) is 26.6. The van der Waals surface area contributed by atoms with Gasteiger partial charge in [-0.15, -0.1) is 0 Å². The molecule has 4 atom stereocenters. The molecule has 5 amide bonds. The molecule has 0 aliphatic rings. The minimum absolute atomic E-state index is 0.0681. The molecule has 0 bridgehead atoms. The molecule has 4 unspecified atom stereocenters. The second-order valence-corrected chi connectivity index (χ2v) is 8.03. The highest BCUT2D eigenvalue weighted by Crippen LogP contribution is 2.08. The van der Waals surface area contributed by atoms with Crippen LogP contribution in [0.2, 0.25) is 0 Å². The largest absolute Gasteiger partial charge is 0.481 e. The Morgan fingerprint density at radius 2 is 1.24 bits per heavy atom. The number of carbonyl (C=O) groups is 7. The van der Waals surface area contributed by atoms with E-state index in [1.807, 2.05) is 0 Å². The summed E-state index contributed by atoms with van der Waals surface area (Å²) < 4.78 is 0. The lowest BCUT2D eigenvalue weighted by Gasteiger charge is -2.25. The van der Waals surface area contributed by atoms with Crippen molar-refractivity contribution in [2.75, 3.05) is 0 Å². The molecule has 0 spiro atoms. The summed E-state index contributed by atoms with van der Waals surface area (Å²) in [5.74, 6) is -7.68. The number of nitrogens with one attached hydrogen (secondary N) is 3. The van der Waals surface area contributed by atoms with Crippen LogP contribution in [0.5, 0.6) is 0 Å². The molecule has 11 N–H and O–H groups in total. The van der Waals surface area contributed by atoms with Crippen LogP contribution < -0.4 is 33.2 Å². The molecule has 0 saturated carbocycles. The van der Waals surface area contributed by atoms with E-state index in [0.29, 0.717) is 0 Å². The minimum atomic E-state index is -1.70. The molecule has 0 aromatic carbocycles. The third kappa shape index (κ3) is 12.3. The number of aliphatic carboxylic acids is 2. The Hall–Kier alpha value is -3.75. The van der Waals surface area contributed by atoms with Gasteiger partial charge in [-0.05, 0) is 18.8 Å². The van der Waals surface area contributed by atoms with Gasteiger partial charge in [-0.2, -0.15) is 0 Å². The van der Waals surface area contributed by atoms with Crippen LogP contribution in [-0.4, -0.2) is 75.9 Å². The third-order valence-electron chi connectivity index (χ3n) is 4.40. The summed E-state index contributed by atoms with van der Waals surface area (Å²) >= 11 is 0. The molecule has 0 radical (unpaired) electrons. The van der Waals surface area contributed by atoms with E-state index in [1.165, 1.54) is 0 Å². The first kappa shape index (κ1) is 30.2. The molecule has 0 aliphatic heterocycles. The highest BCUT2D eigenvalue weighted by molar-refractivity contribution is 5.96. The van der Waals surface area contributed by atoms with Crippen molar-refractivity contribution in [1.82, 2.24) is 16.0 Å². The van der Waals surface area contributed by atoms with E-state index in [4.69, 9.17) is 22.3 Å². The SMILES string of the molecule is CC(C)CC(NC(=O)C(N)CC(N)=O)C(=O)NC(CC(=O)O)C(=O)NC(CCC(N)=O)C(=O)O. The number of carboxylic acids is 2. The van der Waals surface area contributed by atoms with Gasteiger partial charge >= 0.3 is 11.9 Å². The molecule has 0 aromatic heterocycles. The van der Waals surface area contributed by atoms with Gasteiger partial charge in [-0.1, -0.05) is 13.8 Å². The molecule has 15 heteroatoms. The van der Waals surface area contributed by atoms with E-state index in [-0.39, 0.29) is 25.2 Å². The van der Waals surface area contributed by atoms with Crippen molar-refractivity contribution in [2.24, 2.45) is 23.1 Å². The van der Waals surface area contributed by atoms with Crippen molar-refractivity contribution in [3.63, 3.8) is 0 Å². The second kappa shape index (κ2) is 14.4. The summed E-state index contributed by atoms with van der Waals surface area (Å²) in [6.45, 7) is 3.46. The average Bonchev–Trinajstić information content (AvgIpc) is 2.68. The van der Waals surface area contributed by atoms with Crippen molar-refractivity contribution < 1.29 is 43.8 Å². The van der Waals surface area contributed by atoms with E-state index < -0.39 is 78.5 Å². The van der Waals surface area contributed by atoms with Crippen LogP contribution in [0.25, 0.3) is 0 Å². The maximum Gasteiger partial charge on any atom is 0.326 e. The molecule has 34 heavy (non-hydrogen) atoms. The van der Waals surface area contributed by atoms with Crippen molar-refractivity contribution in [3.8, 4) is 0 Å². The first-order valence-corrected chi connectivity index (χ1v) is 10.3. The van der Waals surface area contributed by atoms with Gasteiger partial charge in [-0.3, -0.25) is 28.8 Å². The lowest BCUT2D eigenvalue weighted by atomic mass is 10.0. The second-order valence-electron chi connectivity index (χ2n) is 8.03. The average molecular weight is 488 g/mol. The van der Waals surface area contributed by atoms with Gasteiger partial charge in [0, 0.05) is 6.42 Å². The molecule has 0 aromatic rings. The molecular formula is C19H32N6O9. The highest BCUT2D eigenvalue weighted by atomic mass is 16.4. The number of rotatable bonds is 16. The van der Waals surface area contributed by atoms with Crippen molar-refractivity contribution >= 4 is 41.5 Å². The van der Waals surface area contributed by atoms with Crippen LogP contribution in [0.3, 0.4) is 0 Å². The van der Waals surface area contributed by atoms with Crippen molar-refractivity contribution in [1.29, 1.82) is 0 Å². The minimum Gasteiger partial charge on any atom is -0.481 e. The van der Waals surface area contributed by atoms with E-state index in [0.717, 1.165) is 0 Å². The van der Waals surface area contributed by atoms with Crippen LogP contribution in [0, 0.1) is 5.92 Å². The predicted octanol–water partition coefficient (Wildman–Crippen LogP) is -3.49. The Kier molecular flexibility index (Phi) is 12.8. The topological polar surface area (TPSA) is 274 Å². The molecule has 0 rings (SSSR count). The van der Waals surface area contributed by atoms with Gasteiger partial charge in [0.15, 0.2) is 0 Å². The van der Waals surface area contributed by atoms with Crippen molar-refractivity contribution in [2.45, 2.75) is 70.1 Å². The lowest BCUT2D eigenvalue weighted by Crippen LogP contribution is -2.58. The molecule has 0 fully saturated rings. The van der Waals surface area contributed by atoms with E-state index in [1.54, 1.807) is 13.8 Å². The standard InChI is InChI=1S/C19H32N6O9/c1-8(2)5-11(24-16(30)9(20)6-14(22)27)17(31)25-12(7-15(28)29)18(32)23-10(19(33)34)3-4-13(21)26/h8-12H,3-7,20H2,1-2H3,(H2,21,26)(H2,22,27)(H,23,32)(H,24,30)(H,25,31)(H,28,29)(H,33,34). The van der Waals surface area contributed by atoms with Crippen LogP contribution in [0.15, 0.2) is 0 Å². The number of nitrogens with two attached hydrogens (primary N) is 3. The Balaban J connectivity index is 5.54. The van der Waals surface area contributed by atoms with Gasteiger partial charge in [0.2, 0.25) is 29.5 Å². The Labute approximate surface area is 195 Å². The fourth-order valence-electron chi connectivity index (χ4n) is 2.76. The van der Waals surface area contributed by atoms with Gasteiger partial charge < -0.3 is 43.4 Å². The normalized spacial score (nSPS) is 14.2. The first-order chi connectivity index (χ1) is 15.6. The Bertz CT molecular complexity index is 801. The number of carbonyl (C=O) groups excluding carboxylic acids is 5. The number of amides is 5. The summed E-state index contributed by atoms with van der Waals surface area (Å²) in [6.07, 6.45) is -2.02. The van der Waals surface area contributed by atoms with Crippen LogP contribution in [0.4, 0.5) is 0 Å². The summed E-state index contributed by atoms with van der Waals surface area (Å²) in [5.41, 5.74) is 15.5. The van der Waals surface area contributed by atoms with E-state index >= 15 is 0 Å². The Morgan fingerprint density at radius 1 is 0.735 bits per heavy atom. The Morgan fingerprint density at radius 3 is 1.68 bits per heavy atom. The zero-order valence-electron chi connectivity index (χ0n) is 18.9. The van der Waals surface area contributed by atoms with Gasteiger partial charge in [0.1, 0.15) is 18.1 Å². The quantitative estimate of drug-likeness (QED) is 0.106. The van der Waals surface area contributed by atoms with Gasteiger partial charge in [0.25, 0.3) is 0 Å². The van der Waals surface area contributed by atoms with Crippen LogP contribution >= 0.6 is 0 Å². The van der Waals surface area contributed by atoms with Crippen LogP contribution in [0.1, 0.15) is 46.0 Å². The summed E-state index contributed by atoms with van der Waals surface area (Å²) in [5, 5.41) is 24.9. The summed E-state index contributed by atoms with van der Waals surface area (Å²) in [6, 6.07) is -5.85. The van der Waals surface area contributed by atoms with Crippen LogP contribution in [-0.2, 0) is 33.6 Å². The number of hydrogen-bond acceptors (Lipinski definition) is 8. The zero-order valence-corrected chi connectivity index (χ0v) is 18.9. The molecule has 0 aliphatic carbocycles. The predicted molar refractivity (Wildman–Crippen MR) is 115 cm³/mol. The van der Waals surface area contributed by atoms with E-state index in [2.05, 4.69) is 16.0 Å². The van der Waals surface area contributed by atoms with Gasteiger partial charge in [0.05, 0.1) is 18.9 Å². The number of carboxylic acid groups (broad SMARTS) is 2. The lowest BCUT2D eigenvalue weighted by molar-refractivity contribution is -0.144. The monoisotopic (exact) mass is 488 g/mol. The maximum atomic E-state index is 12.8. The number of primary amides is 2. The molecule has 0 saturated heterocycles. The summed E-state index contributed by atoms with van der Waals surface area (Å²) in [7, 11) is 0. The number of hydrogen-bond donors (Lipinski definition) is 8. The molecule has 0 heterocycles. The molecule has 192 valence electrons. The van der Waals surface area contributed by atoms with Crippen molar-refractivity contribution in [3.05, 3.63) is 0 Å². The smallest absolute Gasteiger partial charge is 0.326 e. The molecular weight excluding hydrogens is 456 g/mol. The third-order valence-corrected chi connectivity index (χ3v) is 4.40. The van der Waals surface area contributed by atoms with E-state index in [9.17, 15) is 38.7 Å². The van der Waals surface area contributed by atoms with Gasteiger partial charge in [-0.25, -0.2) is 4.79 Å². The molecule has 15 nitrogen and oxygen atoms in total. The first-order valence-electron chi connectivity index (χ1n) is 10.3. The highest BCUT2D eigenvalue weighted by Gasteiger charge is 2.32. The maximum absolute atomic E-state index is 12.8.